The van der Waals surface area contributed by atoms with Crippen molar-refractivity contribution in [1.82, 2.24) is 20.5 Å². The molecule has 1 heterocycles. The minimum atomic E-state index is -0.682. The van der Waals surface area contributed by atoms with Crippen LogP contribution in [0.25, 0.3) is 11.0 Å². The summed E-state index contributed by atoms with van der Waals surface area (Å²) in [5, 5.41) is 19.0. The number of carbonyl (C=O) groups excluding carboxylic acids is 2. The van der Waals surface area contributed by atoms with Gasteiger partial charge in [0.2, 0.25) is 0 Å². The second-order valence-corrected chi connectivity index (χ2v) is 14.8. The summed E-state index contributed by atoms with van der Waals surface area (Å²) in [5.41, 5.74) is 10.5. The molecule has 10 nitrogen and oxygen atoms in total. The Bertz CT molecular complexity index is 1830. The van der Waals surface area contributed by atoms with Crippen molar-refractivity contribution in [2.75, 3.05) is 0 Å². The molecule has 1 aromatic heterocycles. The van der Waals surface area contributed by atoms with Crippen LogP contribution < -0.4 is 15.9 Å². The van der Waals surface area contributed by atoms with Gasteiger partial charge in [-0.15, -0.1) is 5.10 Å². The van der Waals surface area contributed by atoms with E-state index >= 15 is 0 Å². The molecule has 0 aliphatic rings. The average Bonchev–Trinajstić information content (AvgIpc) is 3.70. The Kier molecular flexibility index (Phi) is 39.5. The van der Waals surface area contributed by atoms with Gasteiger partial charge in [-0.25, -0.2) is 11.3 Å². The van der Waals surface area contributed by atoms with Gasteiger partial charge in [-0.2, -0.15) is 12.8 Å². The van der Waals surface area contributed by atoms with E-state index in [-0.39, 0.29) is 77.3 Å². The molecule has 5 aromatic rings. The largest absolute Gasteiger partial charge is 0.506 e. The Morgan fingerprint density at radius 2 is 1.00 bits per heavy atom. The standard InChI is InChI=1S/C19H21N3O2.C16H24NO.C13H18O2.C3H8N.2Y/c23-19(24-22-18-14-9-8-13-17(18)20-21-22)15-7-2-1-4-10-16-11-5-3-6-12-16;1-2-14-17-16(18)13-9-4-3-6-10-15-11-7-5-8-12-15;14-13(15)11-7-2-1-4-8-12-9-5-3-6-10-12;1-2-3-4;;/h3,5-6,8-9,11-14H,1-2,4,7,10,15H2;5,7-8,11-12,14H,2-4,6,9-10,13H2,1H3,(H,17,18);3,5-6,9-10H,1-2,4,7-8,11H2,(H,14,15);3H,2,4H2,1H3;;/q;-1;;-1;;. The van der Waals surface area contributed by atoms with Crippen LogP contribution in [0.15, 0.2) is 115 Å². The number of hydrogen-bond acceptors (Lipinski definition) is 7. The van der Waals surface area contributed by atoms with Gasteiger partial charge in [0.15, 0.2) is 5.91 Å². The summed E-state index contributed by atoms with van der Waals surface area (Å²) in [6.07, 6.45) is 19.4. The van der Waals surface area contributed by atoms with Gasteiger partial charge in [-0.3, -0.25) is 16.1 Å². The molecule has 4 aromatic carbocycles. The fourth-order valence-corrected chi connectivity index (χ4v) is 6.16. The number of benzene rings is 4. The first-order valence-electron chi connectivity index (χ1n) is 22.4. The molecule has 0 fully saturated rings. The molecule has 0 saturated carbocycles. The molecule has 5 rings (SSSR count). The van der Waals surface area contributed by atoms with Crippen LogP contribution in [0.1, 0.15) is 140 Å². The van der Waals surface area contributed by atoms with Crippen molar-refractivity contribution in [2.24, 2.45) is 5.73 Å². The van der Waals surface area contributed by atoms with E-state index < -0.39 is 5.97 Å². The normalized spacial score (nSPS) is 9.95. The van der Waals surface area contributed by atoms with Crippen LogP contribution in [0, 0.1) is 13.1 Å². The molecule has 0 spiro atoms. The Morgan fingerprint density at radius 3 is 1.44 bits per heavy atom. The molecule has 2 radical (unpaired) electrons. The molecule has 0 atom stereocenters. The zero-order valence-electron chi connectivity index (χ0n) is 37.9. The van der Waals surface area contributed by atoms with Gasteiger partial charge < -0.3 is 21.0 Å². The smallest absolute Gasteiger partial charge is 0.335 e. The molecule has 0 aliphatic carbocycles. The van der Waals surface area contributed by atoms with Crippen LogP contribution in [0.3, 0.4) is 0 Å². The van der Waals surface area contributed by atoms with E-state index in [1.165, 1.54) is 34.4 Å². The predicted molar refractivity (Wildman–Crippen MR) is 248 cm³/mol. The molecular formula is C51H71N5O5Y2-2. The summed E-state index contributed by atoms with van der Waals surface area (Å²) < 4.78 is 0. The Labute approximate surface area is 428 Å². The van der Waals surface area contributed by atoms with Crippen molar-refractivity contribution < 1.29 is 89.7 Å². The number of amides is 1. The number of aryl methyl sites for hydroxylation is 3. The number of fused-ring (bicyclic) bond motifs is 1. The van der Waals surface area contributed by atoms with Gasteiger partial charge in [0.1, 0.15) is 11.0 Å². The zero-order chi connectivity index (χ0) is 44.0. The first-order valence-corrected chi connectivity index (χ1v) is 22.4. The van der Waals surface area contributed by atoms with Crippen LogP contribution in [0.2, 0.25) is 0 Å². The van der Waals surface area contributed by atoms with Crippen LogP contribution in [0.4, 0.5) is 0 Å². The van der Waals surface area contributed by atoms with Gasteiger partial charge in [-0.05, 0) is 91.8 Å². The molecule has 338 valence electrons. The first-order chi connectivity index (χ1) is 29.9. The Hall–Kier alpha value is -3.14. The number of para-hydroxylation sites is 1. The van der Waals surface area contributed by atoms with Crippen molar-refractivity contribution in [3.05, 3.63) is 145 Å². The maximum atomic E-state index is 11.9. The topological polar surface area (TPSA) is 149 Å². The van der Waals surface area contributed by atoms with Gasteiger partial charge in [-0.1, -0.05) is 160 Å². The van der Waals surface area contributed by atoms with Gasteiger partial charge >= 0.3 is 11.9 Å². The Balaban J connectivity index is 0.000000887. The van der Waals surface area contributed by atoms with Crippen LogP contribution in [-0.2, 0) is 99.1 Å². The summed E-state index contributed by atoms with van der Waals surface area (Å²) in [7, 11) is 0. The number of rotatable bonds is 25. The third-order valence-electron chi connectivity index (χ3n) is 9.56. The van der Waals surface area contributed by atoms with E-state index in [9.17, 15) is 14.4 Å². The second kappa shape index (κ2) is 41.6. The van der Waals surface area contributed by atoms with Gasteiger partial charge in [0.05, 0.1) is 0 Å². The molecule has 1 amide bonds. The van der Waals surface area contributed by atoms with Gasteiger partial charge in [0.25, 0.3) is 0 Å². The SMILES string of the molecule is CC[CH-]N.CC[CH-]NC(=O)CCCCCCc1ccccc1.O=C(CCCCCCc1ccccc1)On1nnc2ccccc21.O=C(O)CCCCCCc1ccccc1.[Y].[Y]. The molecular weight excluding hydrogens is 940 g/mol. The van der Waals surface area contributed by atoms with Crippen molar-refractivity contribution in [1.29, 1.82) is 0 Å². The number of unbranched alkanes of at least 4 members (excludes halogenated alkanes) is 9. The number of aromatic nitrogens is 3. The van der Waals surface area contributed by atoms with Crippen LogP contribution >= 0.6 is 0 Å². The number of aliphatic carboxylic acids is 1. The maximum Gasteiger partial charge on any atom is 0.335 e. The third-order valence-corrected chi connectivity index (χ3v) is 9.56. The molecule has 63 heavy (non-hydrogen) atoms. The number of carboxylic acids is 1. The molecule has 4 N–H and O–H groups in total. The van der Waals surface area contributed by atoms with Crippen molar-refractivity contribution in [3.63, 3.8) is 0 Å². The minimum absolute atomic E-state index is 0. The molecule has 0 bridgehead atoms. The minimum Gasteiger partial charge on any atom is -0.506 e. The third kappa shape index (κ3) is 32.2. The molecule has 0 aliphatic heterocycles. The summed E-state index contributed by atoms with van der Waals surface area (Å²) >= 11 is 0. The molecule has 0 saturated heterocycles. The summed E-state index contributed by atoms with van der Waals surface area (Å²) in [5.74, 6) is -0.799. The quantitative estimate of drug-likeness (QED) is 0.0297. The fourth-order valence-electron chi connectivity index (χ4n) is 6.16. The maximum absolute atomic E-state index is 11.9. The Morgan fingerprint density at radius 1 is 0.587 bits per heavy atom. The van der Waals surface area contributed by atoms with E-state index in [2.05, 4.69) is 94.5 Å². The van der Waals surface area contributed by atoms with Crippen molar-refractivity contribution >= 4 is 28.9 Å². The van der Waals surface area contributed by atoms with E-state index in [1.807, 2.05) is 56.8 Å². The number of nitrogens with two attached hydrogens (primary N) is 1. The van der Waals surface area contributed by atoms with Crippen molar-refractivity contribution in [2.45, 2.75) is 142 Å². The van der Waals surface area contributed by atoms with E-state index in [1.54, 1.807) is 6.54 Å². The van der Waals surface area contributed by atoms with Crippen LogP contribution in [-0.4, -0.2) is 38.1 Å². The number of nitrogens with one attached hydrogen (secondary N) is 1. The van der Waals surface area contributed by atoms with E-state index in [0.717, 1.165) is 96.3 Å². The molecule has 0 unspecified atom stereocenters. The second-order valence-electron chi connectivity index (χ2n) is 14.8. The van der Waals surface area contributed by atoms with E-state index in [0.29, 0.717) is 30.3 Å². The number of nitrogens with zero attached hydrogens (tertiary/aromatic N) is 3. The zero-order valence-corrected chi connectivity index (χ0v) is 43.6. The average molecular weight is 1010 g/mol. The fraction of sp³-hybridized carbons (Fsp3) is 0.431. The molecule has 12 heteroatoms. The summed E-state index contributed by atoms with van der Waals surface area (Å²) in [4.78, 5) is 39.9. The summed E-state index contributed by atoms with van der Waals surface area (Å²) in [6.45, 7) is 7.46. The summed E-state index contributed by atoms with van der Waals surface area (Å²) in [6, 6.07) is 38.9. The number of carbonyl (C=O) groups is 3. The van der Waals surface area contributed by atoms with Crippen molar-refractivity contribution in [3.8, 4) is 0 Å². The van der Waals surface area contributed by atoms with Gasteiger partial charge in [0, 0.05) is 84.7 Å². The van der Waals surface area contributed by atoms with Crippen LogP contribution in [0.5, 0.6) is 0 Å². The first kappa shape index (κ1) is 59.9. The van der Waals surface area contributed by atoms with E-state index in [4.69, 9.17) is 15.7 Å². The number of hydrogen-bond donors (Lipinski definition) is 3. The number of carboxylic acid groups (broad SMARTS) is 1. The predicted octanol–water partition coefficient (Wildman–Crippen LogP) is 11.2. The monoisotopic (exact) mass is 1010 g/mol.